The van der Waals surface area contributed by atoms with Gasteiger partial charge in [-0.05, 0) is 101 Å². The summed E-state index contributed by atoms with van der Waals surface area (Å²) >= 11 is 2.08. The van der Waals surface area contributed by atoms with E-state index in [1.807, 2.05) is 67.6 Å². The normalized spacial score (nSPS) is 22.6. The zero-order valence-electron chi connectivity index (χ0n) is 28.8. The number of likely N-dealkylation sites (tertiary alicyclic amines) is 2. The number of aliphatic hydroxyl groups excluding tert-OH is 2. The summed E-state index contributed by atoms with van der Waals surface area (Å²) in [5.41, 5.74) is 5.82. The molecule has 50 heavy (non-hydrogen) atoms. The quantitative estimate of drug-likeness (QED) is 0.0814. The molecular weight excluding hydrogens is 743 g/mol. The Balaban J connectivity index is 1.19. The minimum absolute atomic E-state index is 0.0960. The van der Waals surface area contributed by atoms with Crippen molar-refractivity contribution >= 4 is 46.1 Å². The smallest absolute Gasteiger partial charge is 0.234 e. The summed E-state index contributed by atoms with van der Waals surface area (Å²) in [5, 5.41) is 33.1. The van der Waals surface area contributed by atoms with Crippen molar-refractivity contribution in [2.24, 2.45) is 17.8 Å². The molecule has 2 amide bonds. The van der Waals surface area contributed by atoms with Crippen molar-refractivity contribution in [2.45, 2.75) is 64.1 Å². The highest BCUT2D eigenvalue weighted by Crippen LogP contribution is 2.48. The molecule has 0 spiro atoms. The lowest BCUT2D eigenvalue weighted by atomic mass is 9.67. The number of ether oxygens (including phenoxy) is 1. The first-order valence-corrected chi connectivity index (χ1v) is 18.8. The second-order valence-electron chi connectivity index (χ2n) is 13.7. The second kappa shape index (κ2) is 16.2. The summed E-state index contributed by atoms with van der Waals surface area (Å²) in [6.45, 7) is 4.19. The number of carbonyl (C=O) groups is 2. The van der Waals surface area contributed by atoms with E-state index >= 15 is 0 Å². The number of aliphatic hydroxyl groups is 2. The van der Waals surface area contributed by atoms with E-state index in [1.165, 1.54) is 17.6 Å². The number of amides is 2. The van der Waals surface area contributed by atoms with Gasteiger partial charge in [-0.25, -0.2) is 0 Å². The predicted octanol–water partition coefficient (Wildman–Crippen LogP) is 6.67. The fraction of sp³-hybridized carbons (Fsp3) is 0.415. The third-order valence-electron chi connectivity index (χ3n) is 10.8. The molecule has 2 heterocycles. The van der Waals surface area contributed by atoms with Crippen LogP contribution in [0.4, 0.5) is 0 Å². The number of piperidine rings is 1. The number of benzene rings is 3. The highest BCUT2D eigenvalue weighted by Gasteiger charge is 2.56. The standard InChI is InChI=1S/C41H47IN2O6/c1-3-28-23-32-38(41(49)44(40(32)48)31-16-18-43(19-17-31)24-26-10-6-4-7-11-26)33(25-45)37(28)35(46)15-14-30(29-12-8-5-9-13-29)20-27-21-34(42)39(47)36(22-27)50-2/h4-13,20-22,31-33,35,38,45-47H,3,14-19,23-25H2,1-2H3/b30-20-/t32-,33+,35-,38-/m1/s1. The van der Waals surface area contributed by atoms with Crippen LogP contribution < -0.4 is 4.74 Å². The molecule has 3 aromatic carbocycles. The molecule has 0 radical (unpaired) electrons. The Morgan fingerprint density at radius 3 is 2.34 bits per heavy atom. The van der Waals surface area contributed by atoms with Crippen molar-refractivity contribution in [1.82, 2.24) is 9.80 Å². The number of fused-ring (bicyclic) bond motifs is 1. The summed E-state index contributed by atoms with van der Waals surface area (Å²) < 4.78 is 6.06. The minimum atomic E-state index is -0.886. The van der Waals surface area contributed by atoms with Crippen LogP contribution in [0.5, 0.6) is 11.5 Å². The van der Waals surface area contributed by atoms with Gasteiger partial charge in [-0.15, -0.1) is 0 Å². The molecule has 8 nitrogen and oxygen atoms in total. The largest absolute Gasteiger partial charge is 0.504 e. The SMILES string of the molecule is CCC1=C([C@H](O)CC/C(=C/c2cc(I)c(O)c(OC)c2)c2ccccc2)[C@H](CO)[C@@H]2C(=O)N(C3CCN(Cc4ccccc4)CC3)C(=O)[C@@H]2C1. The first-order valence-electron chi connectivity index (χ1n) is 17.7. The summed E-state index contributed by atoms with van der Waals surface area (Å²) in [6, 6.07) is 23.8. The Kier molecular flexibility index (Phi) is 11.8. The maximum atomic E-state index is 14.2. The van der Waals surface area contributed by atoms with Gasteiger partial charge in [0.1, 0.15) is 0 Å². The fourth-order valence-electron chi connectivity index (χ4n) is 8.29. The first kappa shape index (κ1) is 36.3. The number of methoxy groups -OCH3 is 1. The summed E-state index contributed by atoms with van der Waals surface area (Å²) in [7, 11) is 1.52. The average molecular weight is 791 g/mol. The number of phenols is 1. The number of hydrogen-bond acceptors (Lipinski definition) is 7. The van der Waals surface area contributed by atoms with E-state index in [9.17, 15) is 24.9 Å². The van der Waals surface area contributed by atoms with Gasteiger partial charge >= 0.3 is 0 Å². The maximum absolute atomic E-state index is 14.2. The van der Waals surface area contributed by atoms with Gasteiger partial charge in [0.2, 0.25) is 11.8 Å². The van der Waals surface area contributed by atoms with Crippen LogP contribution in [0, 0.1) is 21.3 Å². The van der Waals surface area contributed by atoms with Crippen molar-refractivity contribution in [2.75, 3.05) is 26.8 Å². The molecule has 2 aliphatic heterocycles. The number of rotatable bonds is 12. The molecule has 0 bridgehead atoms. The first-order chi connectivity index (χ1) is 24.2. The van der Waals surface area contributed by atoms with Gasteiger partial charge in [-0.2, -0.15) is 0 Å². The molecular formula is C41H47IN2O6. The van der Waals surface area contributed by atoms with Gasteiger partial charge in [0.25, 0.3) is 0 Å². The van der Waals surface area contributed by atoms with Crippen LogP contribution in [0.1, 0.15) is 62.1 Å². The van der Waals surface area contributed by atoms with Crippen molar-refractivity contribution < 1.29 is 29.6 Å². The van der Waals surface area contributed by atoms with E-state index in [1.54, 1.807) is 6.07 Å². The van der Waals surface area contributed by atoms with Crippen LogP contribution in [0.25, 0.3) is 11.6 Å². The van der Waals surface area contributed by atoms with Crippen LogP contribution in [-0.4, -0.2) is 75.9 Å². The lowest BCUT2D eigenvalue weighted by Crippen LogP contribution is -2.47. The summed E-state index contributed by atoms with van der Waals surface area (Å²) in [5.74, 6) is -1.60. The van der Waals surface area contributed by atoms with Gasteiger partial charge in [0.15, 0.2) is 11.5 Å². The molecule has 2 fully saturated rings. The Morgan fingerprint density at radius 2 is 1.70 bits per heavy atom. The number of nitrogens with zero attached hydrogens (tertiary/aromatic N) is 2. The Bertz CT molecular complexity index is 1730. The maximum Gasteiger partial charge on any atom is 0.234 e. The minimum Gasteiger partial charge on any atom is -0.504 e. The molecule has 2 saturated heterocycles. The molecule has 3 aliphatic rings. The van der Waals surface area contributed by atoms with Gasteiger partial charge in [0.05, 0.1) is 35.2 Å². The van der Waals surface area contributed by atoms with Crippen LogP contribution in [-0.2, 0) is 16.1 Å². The van der Waals surface area contributed by atoms with Crippen LogP contribution in [0.15, 0.2) is 83.9 Å². The number of aromatic hydroxyl groups is 1. The molecule has 0 aromatic heterocycles. The van der Waals surface area contributed by atoms with E-state index in [0.29, 0.717) is 35.0 Å². The zero-order chi connectivity index (χ0) is 35.4. The van der Waals surface area contributed by atoms with E-state index in [2.05, 4.69) is 39.6 Å². The van der Waals surface area contributed by atoms with Gasteiger partial charge < -0.3 is 20.1 Å². The topological polar surface area (TPSA) is 111 Å². The molecule has 264 valence electrons. The molecule has 9 heteroatoms. The Morgan fingerprint density at radius 1 is 1.02 bits per heavy atom. The molecule has 3 aromatic rings. The number of carbonyl (C=O) groups excluding carboxylic acids is 2. The predicted molar refractivity (Wildman–Crippen MR) is 203 cm³/mol. The highest BCUT2D eigenvalue weighted by atomic mass is 127. The number of phenolic OH excluding ortho intramolecular Hbond substituents is 1. The van der Waals surface area contributed by atoms with Crippen LogP contribution >= 0.6 is 22.6 Å². The molecule has 3 N–H and O–H groups in total. The summed E-state index contributed by atoms with van der Waals surface area (Å²) in [6.07, 6.45) is 4.61. The van der Waals surface area contributed by atoms with E-state index in [-0.39, 0.29) is 30.2 Å². The monoisotopic (exact) mass is 790 g/mol. The van der Waals surface area contributed by atoms with Crippen LogP contribution in [0.2, 0.25) is 0 Å². The van der Waals surface area contributed by atoms with E-state index in [0.717, 1.165) is 60.3 Å². The molecule has 0 saturated carbocycles. The fourth-order valence-corrected chi connectivity index (χ4v) is 8.92. The van der Waals surface area contributed by atoms with Gasteiger partial charge in [-0.1, -0.05) is 79.2 Å². The highest BCUT2D eigenvalue weighted by molar-refractivity contribution is 14.1. The number of hydrogen-bond donors (Lipinski definition) is 3. The van der Waals surface area contributed by atoms with E-state index < -0.39 is 23.9 Å². The summed E-state index contributed by atoms with van der Waals surface area (Å²) in [4.78, 5) is 32.0. The van der Waals surface area contributed by atoms with Gasteiger partial charge in [0, 0.05) is 31.6 Å². The van der Waals surface area contributed by atoms with E-state index in [4.69, 9.17) is 4.74 Å². The molecule has 0 unspecified atom stereocenters. The lowest BCUT2D eigenvalue weighted by Gasteiger charge is -2.37. The van der Waals surface area contributed by atoms with Crippen LogP contribution in [0.3, 0.4) is 0 Å². The Labute approximate surface area is 308 Å². The molecule has 6 rings (SSSR count). The number of allylic oxidation sites excluding steroid dienone is 2. The van der Waals surface area contributed by atoms with Crippen molar-refractivity contribution in [1.29, 1.82) is 0 Å². The average Bonchev–Trinajstić information content (AvgIpc) is 3.39. The lowest BCUT2D eigenvalue weighted by molar-refractivity contribution is -0.144. The zero-order valence-corrected chi connectivity index (χ0v) is 31.0. The molecule has 4 atom stereocenters. The van der Waals surface area contributed by atoms with Crippen molar-refractivity contribution in [3.8, 4) is 11.5 Å². The van der Waals surface area contributed by atoms with Crippen molar-refractivity contribution in [3.05, 3.63) is 104 Å². The van der Waals surface area contributed by atoms with Gasteiger partial charge in [-0.3, -0.25) is 19.4 Å². The second-order valence-corrected chi connectivity index (χ2v) is 14.9. The third-order valence-corrected chi connectivity index (χ3v) is 11.6. The number of halogens is 1. The third kappa shape index (κ3) is 7.56. The molecule has 1 aliphatic carbocycles. The number of imide groups is 1. The van der Waals surface area contributed by atoms with Crippen molar-refractivity contribution in [3.63, 3.8) is 0 Å². The Hall–Kier alpha value is -3.51.